The van der Waals surface area contributed by atoms with Crippen LogP contribution < -0.4 is 10.9 Å². The molecule has 2 N–H and O–H groups in total. The SMILES string of the molecule is CC(Nc1cnn(CCO)c(=O)c1Cl)C(=O)N(C)C. The van der Waals surface area contributed by atoms with Gasteiger partial charge in [0.2, 0.25) is 5.91 Å². The Morgan fingerprint density at radius 3 is 2.79 bits per heavy atom. The third-order valence-corrected chi connectivity index (χ3v) is 2.85. The molecular formula is C11H17ClN4O3. The summed E-state index contributed by atoms with van der Waals surface area (Å²) in [6, 6.07) is -0.526. The minimum absolute atomic E-state index is 0.0538. The second-order valence-corrected chi connectivity index (χ2v) is 4.60. The highest BCUT2D eigenvalue weighted by atomic mass is 35.5. The molecule has 19 heavy (non-hydrogen) atoms. The van der Waals surface area contributed by atoms with E-state index >= 15 is 0 Å². The maximum absolute atomic E-state index is 11.8. The van der Waals surface area contributed by atoms with Crippen molar-refractivity contribution in [2.45, 2.75) is 19.5 Å². The molecule has 1 amide bonds. The lowest BCUT2D eigenvalue weighted by Gasteiger charge is -2.19. The van der Waals surface area contributed by atoms with E-state index in [0.717, 1.165) is 4.68 Å². The third-order valence-electron chi connectivity index (χ3n) is 2.48. The lowest BCUT2D eigenvalue weighted by atomic mass is 10.3. The van der Waals surface area contributed by atoms with Crippen molar-refractivity contribution >= 4 is 23.2 Å². The molecule has 1 unspecified atom stereocenters. The van der Waals surface area contributed by atoms with E-state index in [1.54, 1.807) is 21.0 Å². The fourth-order valence-corrected chi connectivity index (χ4v) is 1.70. The van der Waals surface area contributed by atoms with E-state index in [1.165, 1.54) is 11.1 Å². The maximum atomic E-state index is 11.8. The van der Waals surface area contributed by atoms with Gasteiger partial charge in [0, 0.05) is 14.1 Å². The minimum Gasteiger partial charge on any atom is -0.394 e. The van der Waals surface area contributed by atoms with Crippen LogP contribution in [-0.4, -0.2) is 52.4 Å². The van der Waals surface area contributed by atoms with Gasteiger partial charge in [-0.3, -0.25) is 9.59 Å². The number of amides is 1. The smallest absolute Gasteiger partial charge is 0.287 e. The largest absolute Gasteiger partial charge is 0.394 e. The Balaban J connectivity index is 2.95. The van der Waals surface area contributed by atoms with Crippen molar-refractivity contribution < 1.29 is 9.90 Å². The predicted molar refractivity (Wildman–Crippen MR) is 72.4 cm³/mol. The fourth-order valence-electron chi connectivity index (χ4n) is 1.50. The van der Waals surface area contributed by atoms with Crippen LogP contribution in [0.5, 0.6) is 0 Å². The Bertz CT molecular complexity index is 515. The van der Waals surface area contributed by atoms with Crippen LogP contribution in [0.4, 0.5) is 5.69 Å². The molecule has 1 heterocycles. The summed E-state index contributed by atoms with van der Waals surface area (Å²) in [6.45, 7) is 1.54. The number of halogens is 1. The molecule has 0 spiro atoms. The van der Waals surface area contributed by atoms with Crippen LogP contribution in [0.25, 0.3) is 0 Å². The zero-order valence-electron chi connectivity index (χ0n) is 11.1. The fraction of sp³-hybridized carbons (Fsp3) is 0.545. The summed E-state index contributed by atoms with van der Waals surface area (Å²) in [6.07, 6.45) is 1.36. The number of hydrogen-bond donors (Lipinski definition) is 2. The Kier molecular flexibility index (Phi) is 5.31. The molecule has 1 aromatic heterocycles. The van der Waals surface area contributed by atoms with Crippen LogP contribution in [0.3, 0.4) is 0 Å². The summed E-state index contributed by atoms with van der Waals surface area (Å²) in [5.41, 5.74) is -0.214. The van der Waals surface area contributed by atoms with Crippen molar-refractivity contribution in [1.29, 1.82) is 0 Å². The number of carbonyl (C=O) groups excluding carboxylic acids is 1. The summed E-state index contributed by atoms with van der Waals surface area (Å²) in [4.78, 5) is 24.9. The zero-order chi connectivity index (χ0) is 14.6. The summed E-state index contributed by atoms with van der Waals surface area (Å²) in [5.74, 6) is -0.143. The van der Waals surface area contributed by atoms with Crippen molar-refractivity contribution in [3.8, 4) is 0 Å². The molecule has 0 bridgehead atoms. The van der Waals surface area contributed by atoms with E-state index in [-0.39, 0.29) is 24.1 Å². The van der Waals surface area contributed by atoms with Crippen LogP contribution in [0, 0.1) is 0 Å². The van der Waals surface area contributed by atoms with Gasteiger partial charge in [0.05, 0.1) is 25.0 Å². The van der Waals surface area contributed by atoms with Crippen LogP contribution >= 0.6 is 11.6 Å². The first-order valence-corrected chi connectivity index (χ1v) is 6.10. The second-order valence-electron chi connectivity index (χ2n) is 4.22. The Labute approximate surface area is 115 Å². The molecule has 0 aliphatic carbocycles. The van der Waals surface area contributed by atoms with Crippen molar-refractivity contribution in [3.63, 3.8) is 0 Å². The molecule has 0 saturated heterocycles. The minimum atomic E-state index is -0.526. The van der Waals surface area contributed by atoms with Crippen LogP contribution in [0.15, 0.2) is 11.0 Å². The molecule has 0 aliphatic heterocycles. The van der Waals surface area contributed by atoms with E-state index in [2.05, 4.69) is 10.4 Å². The van der Waals surface area contributed by atoms with Crippen LogP contribution in [0.2, 0.25) is 5.02 Å². The average Bonchev–Trinajstić information content (AvgIpc) is 2.37. The Morgan fingerprint density at radius 2 is 2.26 bits per heavy atom. The summed E-state index contributed by atoms with van der Waals surface area (Å²) in [5, 5.41) is 15.4. The molecule has 106 valence electrons. The van der Waals surface area contributed by atoms with Gasteiger partial charge in [0.15, 0.2) is 0 Å². The van der Waals surface area contributed by atoms with Gasteiger partial charge < -0.3 is 15.3 Å². The van der Waals surface area contributed by atoms with Crippen molar-refractivity contribution in [2.75, 3.05) is 26.0 Å². The molecular weight excluding hydrogens is 272 g/mol. The molecule has 0 saturated carbocycles. The monoisotopic (exact) mass is 288 g/mol. The van der Waals surface area contributed by atoms with Gasteiger partial charge in [0.25, 0.3) is 5.56 Å². The number of carbonyl (C=O) groups is 1. The molecule has 0 fully saturated rings. The number of anilines is 1. The van der Waals surface area contributed by atoms with Gasteiger partial charge in [-0.15, -0.1) is 0 Å². The molecule has 0 aliphatic rings. The van der Waals surface area contributed by atoms with E-state index < -0.39 is 11.6 Å². The van der Waals surface area contributed by atoms with Gasteiger partial charge in [0.1, 0.15) is 11.1 Å². The standard InChI is InChI=1S/C11H17ClN4O3/c1-7(10(18)15(2)3)14-8-6-13-16(4-5-17)11(19)9(8)12/h6-7,14,17H,4-5H2,1-3H3. The lowest BCUT2D eigenvalue weighted by Crippen LogP contribution is -2.37. The first kappa shape index (κ1) is 15.5. The number of nitrogens with zero attached hydrogens (tertiary/aromatic N) is 3. The maximum Gasteiger partial charge on any atom is 0.287 e. The number of aliphatic hydroxyl groups is 1. The lowest BCUT2D eigenvalue weighted by molar-refractivity contribution is -0.129. The zero-order valence-corrected chi connectivity index (χ0v) is 11.8. The Hall–Kier alpha value is -1.60. The number of likely N-dealkylation sites (N-methyl/N-ethyl adjacent to an activating group) is 1. The summed E-state index contributed by atoms with van der Waals surface area (Å²) < 4.78 is 1.06. The number of aromatic nitrogens is 2. The van der Waals surface area contributed by atoms with Crippen molar-refractivity contribution in [1.82, 2.24) is 14.7 Å². The molecule has 1 rings (SSSR count). The quantitative estimate of drug-likeness (QED) is 0.782. The van der Waals surface area contributed by atoms with Gasteiger partial charge in [-0.1, -0.05) is 11.6 Å². The number of nitrogens with one attached hydrogen (secondary N) is 1. The Morgan fingerprint density at radius 1 is 1.63 bits per heavy atom. The highest BCUT2D eigenvalue weighted by molar-refractivity contribution is 6.33. The molecule has 0 aromatic carbocycles. The normalized spacial score (nSPS) is 12.1. The predicted octanol–water partition coefficient (Wildman–Crippen LogP) is -0.222. The summed E-state index contributed by atoms with van der Waals surface area (Å²) >= 11 is 5.92. The van der Waals surface area contributed by atoms with Gasteiger partial charge in [-0.05, 0) is 6.92 Å². The average molecular weight is 289 g/mol. The molecule has 1 aromatic rings. The first-order valence-electron chi connectivity index (χ1n) is 5.72. The number of hydrogen-bond acceptors (Lipinski definition) is 5. The molecule has 8 heteroatoms. The van der Waals surface area contributed by atoms with Gasteiger partial charge in [-0.25, -0.2) is 4.68 Å². The van der Waals surface area contributed by atoms with E-state index in [0.29, 0.717) is 5.69 Å². The number of rotatable bonds is 5. The highest BCUT2D eigenvalue weighted by Gasteiger charge is 2.17. The topological polar surface area (TPSA) is 87.5 Å². The van der Waals surface area contributed by atoms with Gasteiger partial charge >= 0.3 is 0 Å². The third kappa shape index (κ3) is 3.68. The molecule has 0 radical (unpaired) electrons. The molecule has 1 atom stereocenters. The highest BCUT2D eigenvalue weighted by Crippen LogP contribution is 2.16. The second kappa shape index (κ2) is 6.53. The van der Waals surface area contributed by atoms with Crippen molar-refractivity contribution in [2.24, 2.45) is 0 Å². The van der Waals surface area contributed by atoms with Crippen molar-refractivity contribution in [3.05, 3.63) is 21.6 Å². The summed E-state index contributed by atoms with van der Waals surface area (Å²) in [7, 11) is 3.28. The van der Waals surface area contributed by atoms with E-state index in [1.807, 2.05) is 0 Å². The van der Waals surface area contributed by atoms with Crippen LogP contribution in [-0.2, 0) is 11.3 Å². The first-order chi connectivity index (χ1) is 8.88. The van der Waals surface area contributed by atoms with E-state index in [4.69, 9.17) is 16.7 Å². The number of aliphatic hydroxyl groups excluding tert-OH is 1. The molecule has 7 nitrogen and oxygen atoms in total. The van der Waals surface area contributed by atoms with Gasteiger partial charge in [-0.2, -0.15) is 5.10 Å². The van der Waals surface area contributed by atoms with Crippen LogP contribution in [0.1, 0.15) is 6.92 Å². The van der Waals surface area contributed by atoms with E-state index in [9.17, 15) is 9.59 Å².